The van der Waals surface area contributed by atoms with Crippen LogP contribution in [0.5, 0.6) is 0 Å². The first-order valence-electron chi connectivity index (χ1n) is 6.56. The van der Waals surface area contributed by atoms with Gasteiger partial charge in [0.2, 0.25) is 0 Å². The smallest absolute Gasteiger partial charge is 0.339 e. The van der Waals surface area contributed by atoms with Gasteiger partial charge in [0.1, 0.15) is 5.82 Å². The SMILES string of the molecule is CCN(CC(C)CN)C(=O)c1cc(C(F)(F)F)ccc1F. The van der Waals surface area contributed by atoms with Crippen molar-refractivity contribution in [3.8, 4) is 0 Å². The van der Waals surface area contributed by atoms with Crippen molar-refractivity contribution in [2.24, 2.45) is 11.7 Å². The van der Waals surface area contributed by atoms with Crippen molar-refractivity contribution in [2.45, 2.75) is 20.0 Å². The van der Waals surface area contributed by atoms with Crippen molar-refractivity contribution >= 4 is 5.91 Å². The topological polar surface area (TPSA) is 46.3 Å². The summed E-state index contributed by atoms with van der Waals surface area (Å²) in [5.74, 6) is -1.75. The highest BCUT2D eigenvalue weighted by Crippen LogP contribution is 2.30. The zero-order valence-corrected chi connectivity index (χ0v) is 11.9. The highest BCUT2D eigenvalue weighted by atomic mass is 19.4. The highest BCUT2D eigenvalue weighted by Gasteiger charge is 2.32. The van der Waals surface area contributed by atoms with E-state index in [2.05, 4.69) is 0 Å². The third-order valence-corrected chi connectivity index (χ3v) is 3.13. The van der Waals surface area contributed by atoms with Crippen LogP contribution in [-0.2, 0) is 6.18 Å². The monoisotopic (exact) mass is 306 g/mol. The first-order chi connectivity index (χ1) is 9.70. The van der Waals surface area contributed by atoms with E-state index in [1.165, 1.54) is 4.90 Å². The second kappa shape index (κ2) is 6.89. The Morgan fingerprint density at radius 2 is 2.00 bits per heavy atom. The molecule has 0 aromatic heterocycles. The first kappa shape index (κ1) is 17.4. The number of rotatable bonds is 5. The summed E-state index contributed by atoms with van der Waals surface area (Å²) in [5.41, 5.74) is 3.84. The van der Waals surface area contributed by atoms with E-state index in [-0.39, 0.29) is 19.0 Å². The predicted octanol–water partition coefficient (Wildman–Crippen LogP) is 2.90. The van der Waals surface area contributed by atoms with Gasteiger partial charge in [0.05, 0.1) is 11.1 Å². The molecular weight excluding hydrogens is 288 g/mol. The quantitative estimate of drug-likeness (QED) is 0.850. The van der Waals surface area contributed by atoms with Crippen molar-refractivity contribution in [2.75, 3.05) is 19.6 Å². The zero-order chi connectivity index (χ0) is 16.2. The van der Waals surface area contributed by atoms with Gasteiger partial charge < -0.3 is 10.6 Å². The molecule has 0 heterocycles. The third kappa shape index (κ3) is 4.42. The molecule has 3 nitrogen and oxygen atoms in total. The fourth-order valence-electron chi connectivity index (χ4n) is 1.84. The number of hydrogen-bond acceptors (Lipinski definition) is 2. The van der Waals surface area contributed by atoms with Crippen molar-refractivity contribution in [1.29, 1.82) is 0 Å². The summed E-state index contributed by atoms with van der Waals surface area (Å²) in [4.78, 5) is 13.5. The van der Waals surface area contributed by atoms with Crippen LogP contribution in [0.25, 0.3) is 0 Å². The van der Waals surface area contributed by atoms with Crippen LogP contribution < -0.4 is 5.73 Å². The molecule has 7 heteroatoms. The van der Waals surface area contributed by atoms with Crippen LogP contribution in [0.2, 0.25) is 0 Å². The minimum atomic E-state index is -4.62. The van der Waals surface area contributed by atoms with Gasteiger partial charge in [-0.2, -0.15) is 13.2 Å². The second-order valence-electron chi connectivity index (χ2n) is 4.88. The van der Waals surface area contributed by atoms with Crippen LogP contribution in [0.15, 0.2) is 18.2 Å². The van der Waals surface area contributed by atoms with Crippen molar-refractivity contribution in [3.63, 3.8) is 0 Å². The first-order valence-corrected chi connectivity index (χ1v) is 6.56. The maximum Gasteiger partial charge on any atom is 0.416 e. The molecule has 1 unspecified atom stereocenters. The Hall–Kier alpha value is -1.63. The van der Waals surface area contributed by atoms with Gasteiger partial charge >= 0.3 is 6.18 Å². The maximum absolute atomic E-state index is 13.7. The fourth-order valence-corrected chi connectivity index (χ4v) is 1.84. The molecule has 0 bridgehead atoms. The lowest BCUT2D eigenvalue weighted by molar-refractivity contribution is -0.137. The molecule has 0 aliphatic rings. The molecule has 2 N–H and O–H groups in total. The summed E-state index contributed by atoms with van der Waals surface area (Å²) in [6.45, 7) is 4.33. The lowest BCUT2D eigenvalue weighted by Crippen LogP contribution is -2.37. The number of carbonyl (C=O) groups excluding carboxylic acids is 1. The molecule has 0 saturated carbocycles. The number of halogens is 4. The number of carbonyl (C=O) groups is 1. The average molecular weight is 306 g/mol. The molecule has 1 aromatic carbocycles. The van der Waals surface area contributed by atoms with E-state index in [0.29, 0.717) is 24.7 Å². The van der Waals surface area contributed by atoms with Gasteiger partial charge in [-0.3, -0.25) is 4.79 Å². The second-order valence-corrected chi connectivity index (χ2v) is 4.88. The molecule has 0 aliphatic heterocycles. The molecule has 1 rings (SSSR count). The van der Waals surface area contributed by atoms with Gasteiger partial charge in [0.15, 0.2) is 0 Å². The molecule has 21 heavy (non-hydrogen) atoms. The third-order valence-electron chi connectivity index (χ3n) is 3.13. The van der Waals surface area contributed by atoms with Crippen LogP contribution >= 0.6 is 0 Å². The minimum absolute atomic E-state index is 0.0252. The fraction of sp³-hybridized carbons (Fsp3) is 0.500. The standard InChI is InChI=1S/C14H18F4N2O/c1-3-20(8-9(2)7-19)13(21)11-6-10(14(16,17)18)4-5-12(11)15/h4-6,9H,3,7-8,19H2,1-2H3. The lowest BCUT2D eigenvalue weighted by Gasteiger charge is -2.24. The average Bonchev–Trinajstić information content (AvgIpc) is 2.42. The molecule has 0 radical (unpaired) electrons. The van der Waals surface area contributed by atoms with Crippen molar-refractivity contribution in [1.82, 2.24) is 4.90 Å². The summed E-state index contributed by atoms with van der Waals surface area (Å²) in [7, 11) is 0. The summed E-state index contributed by atoms with van der Waals surface area (Å²) in [6, 6.07) is 1.83. The van der Waals surface area contributed by atoms with Crippen LogP contribution in [0.4, 0.5) is 17.6 Å². The van der Waals surface area contributed by atoms with Crippen molar-refractivity contribution < 1.29 is 22.4 Å². The van der Waals surface area contributed by atoms with E-state index in [1.807, 2.05) is 0 Å². The summed E-state index contributed by atoms with van der Waals surface area (Å²) in [5, 5.41) is 0. The van der Waals surface area contributed by atoms with E-state index in [4.69, 9.17) is 5.73 Å². The van der Waals surface area contributed by atoms with Crippen molar-refractivity contribution in [3.05, 3.63) is 35.1 Å². The Morgan fingerprint density at radius 3 is 2.48 bits per heavy atom. The maximum atomic E-state index is 13.7. The molecule has 0 saturated heterocycles. The van der Waals surface area contributed by atoms with Gasteiger partial charge in [-0.15, -0.1) is 0 Å². The van der Waals surface area contributed by atoms with Crippen LogP contribution in [0.1, 0.15) is 29.8 Å². The van der Waals surface area contributed by atoms with Crippen LogP contribution in [0, 0.1) is 11.7 Å². The molecule has 0 fully saturated rings. The lowest BCUT2D eigenvalue weighted by atomic mass is 10.1. The minimum Gasteiger partial charge on any atom is -0.339 e. The predicted molar refractivity (Wildman–Crippen MR) is 71.2 cm³/mol. The van der Waals surface area contributed by atoms with Crippen LogP contribution in [0.3, 0.4) is 0 Å². The molecule has 1 atom stereocenters. The van der Waals surface area contributed by atoms with E-state index in [9.17, 15) is 22.4 Å². The summed E-state index contributed by atoms with van der Waals surface area (Å²) >= 11 is 0. The molecule has 1 amide bonds. The molecule has 0 aliphatic carbocycles. The highest BCUT2D eigenvalue weighted by molar-refractivity contribution is 5.94. The van der Waals surface area contributed by atoms with E-state index >= 15 is 0 Å². The molecule has 1 aromatic rings. The Balaban J connectivity index is 3.10. The normalized spacial score (nSPS) is 13.1. The Kier molecular flexibility index (Phi) is 5.71. The Bertz CT molecular complexity index is 502. The van der Waals surface area contributed by atoms with Gasteiger partial charge in [0.25, 0.3) is 5.91 Å². The number of amides is 1. The molecule has 118 valence electrons. The largest absolute Gasteiger partial charge is 0.416 e. The summed E-state index contributed by atoms with van der Waals surface area (Å²) < 4.78 is 51.6. The Morgan fingerprint density at radius 1 is 1.38 bits per heavy atom. The summed E-state index contributed by atoms with van der Waals surface area (Å²) in [6.07, 6.45) is -4.62. The molecule has 0 spiro atoms. The zero-order valence-electron chi connectivity index (χ0n) is 11.9. The van der Waals surface area contributed by atoms with Crippen LogP contribution in [-0.4, -0.2) is 30.4 Å². The van der Waals surface area contributed by atoms with Gasteiger partial charge in [0, 0.05) is 13.1 Å². The molecular formula is C14H18F4N2O. The number of benzene rings is 1. The Labute approximate surface area is 120 Å². The number of alkyl halides is 3. The number of hydrogen-bond donors (Lipinski definition) is 1. The van der Waals surface area contributed by atoms with Gasteiger partial charge in [-0.25, -0.2) is 4.39 Å². The van der Waals surface area contributed by atoms with Gasteiger partial charge in [-0.1, -0.05) is 6.92 Å². The van der Waals surface area contributed by atoms with E-state index in [1.54, 1.807) is 13.8 Å². The number of nitrogens with zero attached hydrogens (tertiary/aromatic N) is 1. The van der Waals surface area contributed by atoms with E-state index in [0.717, 1.165) is 0 Å². The van der Waals surface area contributed by atoms with Gasteiger partial charge in [-0.05, 0) is 37.6 Å². The number of nitrogens with two attached hydrogens (primary N) is 1. The van der Waals surface area contributed by atoms with E-state index < -0.39 is 29.0 Å².